The van der Waals surface area contributed by atoms with E-state index in [4.69, 9.17) is 16.3 Å². The molecule has 0 aliphatic carbocycles. The van der Waals surface area contributed by atoms with E-state index >= 15 is 0 Å². The standard InChI is InChI=1S/C18H23ClN4O4S/c1-6-8-27-18(26)12-10(3)14(17(25)22(4)5)28-16(12)20-15(24)13-11(19)9-23(7-2)21-13/h9H,6-8H2,1-5H3,(H,20,24). The molecule has 2 aromatic heterocycles. The fraction of sp³-hybridized carbons (Fsp3) is 0.444. The van der Waals surface area contributed by atoms with Gasteiger partial charge < -0.3 is 15.0 Å². The molecule has 0 bridgehead atoms. The van der Waals surface area contributed by atoms with Crippen LogP contribution in [0.2, 0.25) is 5.02 Å². The first-order valence-corrected chi connectivity index (χ1v) is 9.97. The van der Waals surface area contributed by atoms with Gasteiger partial charge in [0.2, 0.25) is 0 Å². The van der Waals surface area contributed by atoms with Gasteiger partial charge in [0, 0.05) is 26.8 Å². The van der Waals surface area contributed by atoms with Crippen LogP contribution in [0.25, 0.3) is 0 Å². The SMILES string of the molecule is CCCOC(=O)c1c(NC(=O)c2nn(CC)cc2Cl)sc(C(=O)N(C)C)c1C. The van der Waals surface area contributed by atoms with Gasteiger partial charge in [-0.25, -0.2) is 4.79 Å². The zero-order valence-corrected chi connectivity index (χ0v) is 18.0. The Morgan fingerprint density at radius 1 is 1.32 bits per heavy atom. The van der Waals surface area contributed by atoms with E-state index in [0.29, 0.717) is 23.4 Å². The number of amides is 2. The number of aromatic nitrogens is 2. The van der Waals surface area contributed by atoms with Gasteiger partial charge in [-0.15, -0.1) is 11.3 Å². The molecule has 0 unspecified atom stereocenters. The summed E-state index contributed by atoms with van der Waals surface area (Å²) in [5, 5.41) is 7.23. The summed E-state index contributed by atoms with van der Waals surface area (Å²) in [5.41, 5.74) is 0.677. The fourth-order valence-corrected chi connectivity index (χ4v) is 3.84. The summed E-state index contributed by atoms with van der Waals surface area (Å²) < 4.78 is 6.77. The number of esters is 1. The first kappa shape index (κ1) is 21.9. The average molecular weight is 427 g/mol. The number of nitrogens with zero attached hydrogens (tertiary/aromatic N) is 3. The molecule has 0 fully saturated rings. The summed E-state index contributed by atoms with van der Waals surface area (Å²) in [4.78, 5) is 39.4. The van der Waals surface area contributed by atoms with Crippen LogP contribution in [0.4, 0.5) is 5.00 Å². The number of hydrogen-bond acceptors (Lipinski definition) is 6. The van der Waals surface area contributed by atoms with Crippen molar-refractivity contribution in [2.75, 3.05) is 26.0 Å². The van der Waals surface area contributed by atoms with Gasteiger partial charge in [-0.3, -0.25) is 14.3 Å². The van der Waals surface area contributed by atoms with Gasteiger partial charge in [0.05, 0.1) is 22.1 Å². The molecule has 1 N–H and O–H groups in total. The van der Waals surface area contributed by atoms with E-state index in [1.54, 1.807) is 27.2 Å². The van der Waals surface area contributed by atoms with E-state index in [1.165, 1.54) is 9.58 Å². The molecule has 10 heteroatoms. The Labute approximate surface area is 172 Å². The number of anilines is 1. The predicted molar refractivity (Wildman–Crippen MR) is 109 cm³/mol. The molecule has 28 heavy (non-hydrogen) atoms. The molecule has 0 saturated heterocycles. The second-order valence-corrected chi connectivity index (χ2v) is 7.66. The maximum atomic E-state index is 12.7. The van der Waals surface area contributed by atoms with Crippen molar-refractivity contribution in [3.63, 3.8) is 0 Å². The summed E-state index contributed by atoms with van der Waals surface area (Å²) in [5.74, 6) is -1.42. The van der Waals surface area contributed by atoms with Crippen molar-refractivity contribution in [1.29, 1.82) is 0 Å². The number of hydrogen-bond donors (Lipinski definition) is 1. The van der Waals surface area contributed by atoms with Crippen LogP contribution in [-0.4, -0.2) is 53.2 Å². The topological polar surface area (TPSA) is 93.5 Å². The lowest BCUT2D eigenvalue weighted by Gasteiger charge is -2.09. The third-order valence-electron chi connectivity index (χ3n) is 3.87. The maximum absolute atomic E-state index is 12.7. The minimum Gasteiger partial charge on any atom is -0.462 e. The monoisotopic (exact) mass is 426 g/mol. The summed E-state index contributed by atoms with van der Waals surface area (Å²) in [7, 11) is 3.23. The van der Waals surface area contributed by atoms with Crippen LogP contribution in [0.5, 0.6) is 0 Å². The number of rotatable bonds is 7. The molecule has 0 spiro atoms. The number of aryl methyl sites for hydroxylation is 1. The third-order valence-corrected chi connectivity index (χ3v) is 5.34. The Hall–Kier alpha value is -2.39. The Kier molecular flexibility index (Phi) is 7.20. The van der Waals surface area contributed by atoms with Crippen molar-refractivity contribution in [2.45, 2.75) is 33.7 Å². The van der Waals surface area contributed by atoms with E-state index in [1.807, 2.05) is 13.8 Å². The van der Waals surface area contributed by atoms with Crippen molar-refractivity contribution in [3.05, 3.63) is 32.9 Å². The van der Waals surface area contributed by atoms with Crippen molar-refractivity contribution in [1.82, 2.24) is 14.7 Å². The van der Waals surface area contributed by atoms with E-state index < -0.39 is 11.9 Å². The largest absolute Gasteiger partial charge is 0.462 e. The molecule has 0 radical (unpaired) electrons. The molecule has 0 aromatic carbocycles. The maximum Gasteiger partial charge on any atom is 0.341 e. The molecule has 2 amide bonds. The highest BCUT2D eigenvalue weighted by Crippen LogP contribution is 2.35. The minimum atomic E-state index is -0.589. The van der Waals surface area contributed by atoms with Gasteiger partial charge in [-0.05, 0) is 25.8 Å². The molecule has 2 heterocycles. The Bertz CT molecular complexity index is 904. The lowest BCUT2D eigenvalue weighted by atomic mass is 10.1. The van der Waals surface area contributed by atoms with E-state index in [-0.39, 0.29) is 33.8 Å². The third kappa shape index (κ3) is 4.53. The predicted octanol–water partition coefficient (Wildman–Crippen LogP) is 3.45. The Morgan fingerprint density at radius 3 is 2.54 bits per heavy atom. The lowest BCUT2D eigenvalue weighted by molar-refractivity contribution is 0.0506. The number of carbonyl (C=O) groups is 3. The summed E-state index contributed by atoms with van der Waals surface area (Å²) in [6.07, 6.45) is 2.21. The van der Waals surface area contributed by atoms with Crippen LogP contribution in [0, 0.1) is 6.92 Å². The zero-order valence-electron chi connectivity index (χ0n) is 16.5. The number of halogens is 1. The average Bonchev–Trinajstić information content (AvgIpc) is 3.18. The summed E-state index contributed by atoms with van der Waals surface area (Å²) >= 11 is 7.12. The van der Waals surface area contributed by atoms with E-state index in [2.05, 4.69) is 10.4 Å². The fourth-order valence-electron chi connectivity index (χ4n) is 2.40. The van der Waals surface area contributed by atoms with E-state index in [9.17, 15) is 14.4 Å². The molecule has 8 nitrogen and oxygen atoms in total. The van der Waals surface area contributed by atoms with Gasteiger partial charge in [0.1, 0.15) is 5.00 Å². The van der Waals surface area contributed by atoms with E-state index in [0.717, 1.165) is 11.3 Å². The molecule has 2 rings (SSSR count). The first-order chi connectivity index (χ1) is 13.2. The summed E-state index contributed by atoms with van der Waals surface area (Å²) in [6.45, 7) is 6.20. The summed E-state index contributed by atoms with van der Waals surface area (Å²) in [6, 6.07) is 0. The van der Waals surface area contributed by atoms with Gasteiger partial charge in [-0.2, -0.15) is 5.10 Å². The number of carbonyl (C=O) groups excluding carboxylic acids is 3. The first-order valence-electron chi connectivity index (χ1n) is 8.77. The highest BCUT2D eigenvalue weighted by atomic mass is 35.5. The number of ether oxygens (including phenoxy) is 1. The lowest BCUT2D eigenvalue weighted by Crippen LogP contribution is -2.21. The zero-order chi connectivity index (χ0) is 21.0. The van der Waals surface area contributed by atoms with Crippen molar-refractivity contribution in [2.24, 2.45) is 0 Å². The molecular formula is C18H23ClN4O4S. The highest BCUT2D eigenvalue weighted by Gasteiger charge is 2.28. The minimum absolute atomic E-state index is 0.0444. The Morgan fingerprint density at radius 2 is 2.00 bits per heavy atom. The quantitative estimate of drug-likeness (QED) is 0.684. The molecule has 0 aliphatic rings. The van der Waals surface area contributed by atoms with Gasteiger partial charge in [0.15, 0.2) is 5.69 Å². The van der Waals surface area contributed by atoms with Crippen LogP contribution in [0.3, 0.4) is 0 Å². The van der Waals surface area contributed by atoms with Crippen LogP contribution >= 0.6 is 22.9 Å². The molecule has 152 valence electrons. The number of nitrogens with one attached hydrogen (secondary N) is 1. The van der Waals surface area contributed by atoms with Crippen LogP contribution < -0.4 is 5.32 Å². The van der Waals surface area contributed by atoms with Crippen LogP contribution in [0.15, 0.2) is 6.20 Å². The smallest absolute Gasteiger partial charge is 0.341 e. The second kappa shape index (κ2) is 9.20. The van der Waals surface area contributed by atoms with Crippen molar-refractivity contribution < 1.29 is 19.1 Å². The van der Waals surface area contributed by atoms with Crippen molar-refractivity contribution >= 4 is 45.7 Å². The molecule has 2 aromatic rings. The normalized spacial score (nSPS) is 10.6. The van der Waals surface area contributed by atoms with Crippen LogP contribution in [0.1, 0.15) is 56.3 Å². The van der Waals surface area contributed by atoms with Gasteiger partial charge >= 0.3 is 5.97 Å². The number of thiophene rings is 1. The molecule has 0 saturated carbocycles. The van der Waals surface area contributed by atoms with Gasteiger partial charge in [-0.1, -0.05) is 18.5 Å². The molecule has 0 atom stereocenters. The molecule has 0 aliphatic heterocycles. The molecular weight excluding hydrogens is 404 g/mol. The Balaban J connectivity index is 2.44. The van der Waals surface area contributed by atoms with Crippen LogP contribution in [-0.2, 0) is 11.3 Å². The van der Waals surface area contributed by atoms with Gasteiger partial charge in [0.25, 0.3) is 11.8 Å². The second-order valence-electron chi connectivity index (χ2n) is 6.23. The highest BCUT2D eigenvalue weighted by molar-refractivity contribution is 7.18. The van der Waals surface area contributed by atoms with Crippen molar-refractivity contribution in [3.8, 4) is 0 Å².